The zero-order chi connectivity index (χ0) is 21.0. The van der Waals surface area contributed by atoms with E-state index < -0.39 is 6.36 Å². The van der Waals surface area contributed by atoms with Gasteiger partial charge in [-0.15, -0.1) is 13.2 Å². The molecule has 0 saturated heterocycles. The molecule has 158 valence electrons. The van der Waals surface area contributed by atoms with Gasteiger partial charge in [0.1, 0.15) is 5.75 Å². The van der Waals surface area contributed by atoms with Crippen LogP contribution in [-0.2, 0) is 13.6 Å². The van der Waals surface area contributed by atoms with Crippen LogP contribution in [0.15, 0.2) is 34.9 Å². The summed E-state index contributed by atoms with van der Waals surface area (Å²) in [5.41, 5.74) is 1.69. The SMILES string of the molecule is Cn1cc(Br)c(C2CCCC(NC(=O)NCc3ccc(OC(F)(F)F)cc3)C2)n1. The van der Waals surface area contributed by atoms with Gasteiger partial charge in [0.15, 0.2) is 0 Å². The number of aromatic nitrogens is 2. The minimum Gasteiger partial charge on any atom is -0.406 e. The fourth-order valence-corrected chi connectivity index (χ4v) is 4.25. The van der Waals surface area contributed by atoms with E-state index in [0.717, 1.165) is 35.8 Å². The first kappa shape index (κ1) is 21.5. The zero-order valence-electron chi connectivity index (χ0n) is 15.8. The number of halogens is 4. The predicted molar refractivity (Wildman–Crippen MR) is 104 cm³/mol. The van der Waals surface area contributed by atoms with Crippen LogP contribution < -0.4 is 15.4 Å². The Labute approximate surface area is 174 Å². The van der Waals surface area contributed by atoms with E-state index in [1.165, 1.54) is 24.3 Å². The quantitative estimate of drug-likeness (QED) is 0.664. The number of amides is 2. The topological polar surface area (TPSA) is 68.2 Å². The Hall–Kier alpha value is -2.23. The third-order valence-electron chi connectivity index (χ3n) is 4.82. The van der Waals surface area contributed by atoms with Gasteiger partial charge in [0.05, 0.1) is 10.2 Å². The van der Waals surface area contributed by atoms with E-state index in [9.17, 15) is 18.0 Å². The van der Waals surface area contributed by atoms with Crippen molar-refractivity contribution in [2.75, 3.05) is 0 Å². The number of hydrogen-bond donors (Lipinski definition) is 2. The third kappa shape index (κ3) is 6.38. The monoisotopic (exact) mass is 474 g/mol. The van der Waals surface area contributed by atoms with Gasteiger partial charge in [-0.1, -0.05) is 18.6 Å². The molecule has 0 radical (unpaired) electrons. The zero-order valence-corrected chi connectivity index (χ0v) is 17.4. The standard InChI is InChI=1S/C19H22BrF3N4O2/c1-27-11-16(20)17(26-27)13-3-2-4-14(9-13)25-18(28)24-10-12-5-7-15(8-6-12)29-19(21,22)23/h5-8,11,13-14H,2-4,9-10H2,1H3,(H2,24,25,28). The molecule has 10 heteroatoms. The van der Waals surface area contributed by atoms with Crippen molar-refractivity contribution in [2.45, 2.75) is 50.6 Å². The lowest BCUT2D eigenvalue weighted by Crippen LogP contribution is -2.43. The Bertz CT molecular complexity index is 839. The molecule has 0 spiro atoms. The molecule has 3 rings (SSSR count). The lowest BCUT2D eigenvalue weighted by atomic mass is 9.84. The highest BCUT2D eigenvalue weighted by Crippen LogP contribution is 2.35. The van der Waals surface area contributed by atoms with E-state index in [1.807, 2.05) is 13.2 Å². The third-order valence-corrected chi connectivity index (χ3v) is 5.43. The van der Waals surface area contributed by atoms with E-state index in [-0.39, 0.29) is 30.3 Å². The highest BCUT2D eigenvalue weighted by molar-refractivity contribution is 9.10. The summed E-state index contributed by atoms with van der Waals surface area (Å²) < 4.78 is 43.1. The summed E-state index contributed by atoms with van der Waals surface area (Å²) in [5, 5.41) is 10.2. The molecule has 1 fully saturated rings. The van der Waals surface area contributed by atoms with Crippen molar-refractivity contribution in [1.29, 1.82) is 0 Å². The average Bonchev–Trinajstić information content (AvgIpc) is 2.98. The lowest BCUT2D eigenvalue weighted by Gasteiger charge is -2.29. The number of ether oxygens (including phenoxy) is 1. The molecular formula is C19H22BrF3N4O2. The largest absolute Gasteiger partial charge is 0.573 e. The first-order valence-electron chi connectivity index (χ1n) is 9.27. The van der Waals surface area contributed by atoms with Gasteiger partial charge in [-0.2, -0.15) is 5.10 Å². The molecule has 2 N–H and O–H groups in total. The van der Waals surface area contributed by atoms with E-state index in [2.05, 4.69) is 36.4 Å². The van der Waals surface area contributed by atoms with Crippen molar-refractivity contribution < 1.29 is 22.7 Å². The molecule has 2 atom stereocenters. The molecule has 1 aliphatic rings. The van der Waals surface area contributed by atoms with Crippen molar-refractivity contribution in [1.82, 2.24) is 20.4 Å². The first-order valence-corrected chi connectivity index (χ1v) is 10.1. The van der Waals surface area contributed by atoms with Crippen molar-refractivity contribution in [3.05, 3.63) is 46.2 Å². The Kier molecular flexibility index (Phi) is 6.71. The number of carbonyl (C=O) groups is 1. The Morgan fingerprint density at radius 2 is 2.03 bits per heavy atom. The second-order valence-corrected chi connectivity index (χ2v) is 7.97. The van der Waals surface area contributed by atoms with Crippen molar-refractivity contribution in [2.24, 2.45) is 7.05 Å². The minimum absolute atomic E-state index is 0.0465. The summed E-state index contributed by atoms with van der Waals surface area (Å²) in [6.07, 6.45) is 0.942. The maximum absolute atomic E-state index is 12.2. The molecule has 1 aromatic carbocycles. The summed E-state index contributed by atoms with van der Waals surface area (Å²) in [5.74, 6) is -0.00886. The summed E-state index contributed by atoms with van der Waals surface area (Å²) in [4.78, 5) is 12.2. The van der Waals surface area contributed by atoms with Crippen LogP contribution in [0.3, 0.4) is 0 Å². The van der Waals surface area contributed by atoms with Crippen LogP contribution in [0, 0.1) is 0 Å². The van der Waals surface area contributed by atoms with Crippen molar-refractivity contribution in [3.63, 3.8) is 0 Å². The smallest absolute Gasteiger partial charge is 0.406 e. The number of nitrogens with zero attached hydrogens (tertiary/aromatic N) is 2. The van der Waals surface area contributed by atoms with E-state index in [4.69, 9.17) is 0 Å². The maximum Gasteiger partial charge on any atom is 0.573 e. The molecule has 2 aromatic rings. The van der Waals surface area contributed by atoms with Crippen LogP contribution in [-0.4, -0.2) is 28.2 Å². The number of carbonyl (C=O) groups excluding carboxylic acids is 1. The first-order chi connectivity index (χ1) is 13.7. The number of aryl methyl sites for hydroxylation is 1. The second kappa shape index (κ2) is 9.06. The average molecular weight is 475 g/mol. The normalized spacial score (nSPS) is 19.6. The number of rotatable bonds is 5. The summed E-state index contributed by atoms with van der Waals surface area (Å²) >= 11 is 3.54. The van der Waals surface area contributed by atoms with E-state index in [1.54, 1.807) is 4.68 Å². The van der Waals surface area contributed by atoms with Gasteiger partial charge in [-0.05, 0) is 52.9 Å². The van der Waals surface area contributed by atoms with Crippen LogP contribution in [0.4, 0.5) is 18.0 Å². The van der Waals surface area contributed by atoms with Crippen LogP contribution in [0.1, 0.15) is 42.9 Å². The number of benzene rings is 1. The van der Waals surface area contributed by atoms with Crippen LogP contribution in [0.5, 0.6) is 5.75 Å². The Morgan fingerprint density at radius 3 is 2.66 bits per heavy atom. The van der Waals surface area contributed by atoms with Gasteiger partial charge in [0.2, 0.25) is 0 Å². The number of alkyl halides is 3. The van der Waals surface area contributed by atoms with E-state index in [0.29, 0.717) is 5.56 Å². The Morgan fingerprint density at radius 1 is 1.31 bits per heavy atom. The highest BCUT2D eigenvalue weighted by Gasteiger charge is 2.31. The van der Waals surface area contributed by atoms with Gasteiger partial charge in [0.25, 0.3) is 0 Å². The van der Waals surface area contributed by atoms with Crippen LogP contribution in [0.2, 0.25) is 0 Å². The fraction of sp³-hybridized carbons (Fsp3) is 0.474. The molecule has 2 amide bonds. The van der Waals surface area contributed by atoms with Gasteiger partial charge in [-0.25, -0.2) is 4.79 Å². The molecule has 0 bridgehead atoms. The number of nitrogens with one attached hydrogen (secondary N) is 2. The molecule has 2 unspecified atom stereocenters. The Balaban J connectivity index is 1.47. The molecular weight excluding hydrogens is 453 g/mol. The highest BCUT2D eigenvalue weighted by atomic mass is 79.9. The van der Waals surface area contributed by atoms with Crippen molar-refractivity contribution in [3.8, 4) is 5.75 Å². The maximum atomic E-state index is 12.2. The van der Waals surface area contributed by atoms with Crippen LogP contribution in [0.25, 0.3) is 0 Å². The molecule has 0 aliphatic heterocycles. The van der Waals surface area contributed by atoms with Crippen LogP contribution >= 0.6 is 15.9 Å². The molecule has 1 aliphatic carbocycles. The molecule has 1 saturated carbocycles. The molecule has 1 aromatic heterocycles. The van der Waals surface area contributed by atoms with Gasteiger partial charge < -0.3 is 15.4 Å². The fourth-order valence-electron chi connectivity index (χ4n) is 3.55. The summed E-state index contributed by atoms with van der Waals surface area (Å²) in [7, 11) is 1.88. The summed E-state index contributed by atoms with van der Waals surface area (Å²) in [6.45, 7) is 0.208. The summed E-state index contributed by atoms with van der Waals surface area (Å²) in [6, 6.07) is 5.15. The van der Waals surface area contributed by atoms with Gasteiger partial charge in [0, 0.05) is 31.7 Å². The molecule has 29 heavy (non-hydrogen) atoms. The van der Waals surface area contributed by atoms with E-state index >= 15 is 0 Å². The molecule has 6 nitrogen and oxygen atoms in total. The number of hydrogen-bond acceptors (Lipinski definition) is 3. The second-order valence-electron chi connectivity index (χ2n) is 7.12. The predicted octanol–water partition coefficient (Wildman–Crippen LogP) is 4.61. The van der Waals surface area contributed by atoms with Crippen molar-refractivity contribution >= 4 is 22.0 Å². The molecule has 1 heterocycles. The van der Waals surface area contributed by atoms with Gasteiger partial charge >= 0.3 is 12.4 Å². The minimum atomic E-state index is -4.72. The number of urea groups is 1. The van der Waals surface area contributed by atoms with Gasteiger partial charge in [-0.3, -0.25) is 4.68 Å². The lowest BCUT2D eigenvalue weighted by molar-refractivity contribution is -0.274.